The summed E-state index contributed by atoms with van der Waals surface area (Å²) < 4.78 is 5.05. The number of aryl methyl sites for hydroxylation is 1. The summed E-state index contributed by atoms with van der Waals surface area (Å²) in [5.74, 6) is 0.566. The molecule has 0 aliphatic rings. The molecular formula is C11H17ClN2O2. The Hall–Kier alpha value is -1.26. The maximum absolute atomic E-state index is 11.0. The number of benzene rings is 1. The molecule has 0 aliphatic heterocycles. The van der Waals surface area contributed by atoms with Gasteiger partial charge < -0.3 is 27.4 Å². The minimum atomic E-state index is -0.446. The number of halogens is 1. The second-order valence-corrected chi connectivity index (χ2v) is 3.62. The summed E-state index contributed by atoms with van der Waals surface area (Å²) in [6, 6.07) is 5.61. The SMILES string of the molecule is CNC(=O)Oc1ccc(C)c([NH+](C)C)c1.[Cl-]. The van der Waals surface area contributed by atoms with Crippen LogP contribution in [-0.4, -0.2) is 27.2 Å². The number of hydrogen-bond acceptors (Lipinski definition) is 2. The van der Waals surface area contributed by atoms with Crippen molar-refractivity contribution in [2.45, 2.75) is 6.92 Å². The van der Waals surface area contributed by atoms with Crippen molar-refractivity contribution in [3.63, 3.8) is 0 Å². The summed E-state index contributed by atoms with van der Waals surface area (Å²) in [4.78, 5) is 12.2. The highest BCUT2D eigenvalue weighted by Crippen LogP contribution is 2.18. The normalized spacial score (nSPS) is 9.56. The van der Waals surface area contributed by atoms with E-state index >= 15 is 0 Å². The van der Waals surface area contributed by atoms with E-state index in [0.29, 0.717) is 5.75 Å². The molecule has 0 atom stereocenters. The first kappa shape index (κ1) is 14.7. The molecule has 0 unspecified atom stereocenters. The van der Waals surface area contributed by atoms with Gasteiger partial charge in [0.1, 0.15) is 11.4 Å². The zero-order valence-electron chi connectivity index (χ0n) is 9.93. The van der Waals surface area contributed by atoms with Crippen LogP contribution in [0, 0.1) is 6.92 Å². The molecule has 4 nitrogen and oxygen atoms in total. The third-order valence-corrected chi connectivity index (χ3v) is 2.16. The average molecular weight is 245 g/mol. The fourth-order valence-electron chi connectivity index (χ4n) is 1.36. The molecule has 1 aromatic carbocycles. The van der Waals surface area contributed by atoms with Crippen molar-refractivity contribution in [2.24, 2.45) is 0 Å². The quantitative estimate of drug-likeness (QED) is 0.604. The Balaban J connectivity index is 0.00000225. The summed E-state index contributed by atoms with van der Waals surface area (Å²) in [6.07, 6.45) is -0.446. The lowest BCUT2D eigenvalue weighted by Crippen LogP contribution is -3.00. The van der Waals surface area contributed by atoms with Crippen LogP contribution in [0.4, 0.5) is 10.5 Å². The number of carbonyl (C=O) groups excluding carboxylic acids is 1. The van der Waals surface area contributed by atoms with E-state index in [1.165, 1.54) is 17.5 Å². The summed E-state index contributed by atoms with van der Waals surface area (Å²) in [5, 5.41) is 2.41. The minimum absolute atomic E-state index is 0. The Morgan fingerprint density at radius 3 is 2.50 bits per heavy atom. The number of nitrogens with one attached hydrogen (secondary N) is 2. The van der Waals surface area contributed by atoms with Gasteiger partial charge in [-0.2, -0.15) is 0 Å². The first-order valence-electron chi connectivity index (χ1n) is 4.85. The van der Waals surface area contributed by atoms with Gasteiger partial charge in [-0.05, 0) is 19.1 Å². The van der Waals surface area contributed by atoms with E-state index in [1.54, 1.807) is 6.07 Å². The molecule has 0 heterocycles. The number of hydrogen-bond donors (Lipinski definition) is 2. The van der Waals surface area contributed by atoms with Crippen LogP contribution in [0.2, 0.25) is 0 Å². The minimum Gasteiger partial charge on any atom is -1.00 e. The maximum Gasteiger partial charge on any atom is 0.412 e. The lowest BCUT2D eigenvalue weighted by Gasteiger charge is -2.11. The molecule has 0 saturated heterocycles. The molecule has 1 rings (SSSR count). The summed E-state index contributed by atoms with van der Waals surface area (Å²) >= 11 is 0. The van der Waals surface area contributed by atoms with E-state index in [0.717, 1.165) is 5.69 Å². The Bertz CT molecular complexity index is 367. The molecule has 0 aromatic heterocycles. The van der Waals surface area contributed by atoms with Crippen molar-refractivity contribution < 1.29 is 26.8 Å². The summed E-state index contributed by atoms with van der Waals surface area (Å²) in [7, 11) is 5.60. The van der Waals surface area contributed by atoms with Gasteiger partial charge >= 0.3 is 6.09 Å². The second-order valence-electron chi connectivity index (χ2n) is 3.62. The van der Waals surface area contributed by atoms with Gasteiger partial charge in [-0.1, -0.05) is 0 Å². The highest BCUT2D eigenvalue weighted by molar-refractivity contribution is 5.70. The van der Waals surface area contributed by atoms with E-state index in [9.17, 15) is 4.79 Å². The van der Waals surface area contributed by atoms with Gasteiger partial charge in [0.25, 0.3) is 0 Å². The van der Waals surface area contributed by atoms with Crippen LogP contribution in [0.3, 0.4) is 0 Å². The van der Waals surface area contributed by atoms with Crippen molar-refractivity contribution in [2.75, 3.05) is 21.1 Å². The second kappa shape index (κ2) is 6.35. The van der Waals surface area contributed by atoms with Gasteiger partial charge in [-0.15, -0.1) is 0 Å². The Morgan fingerprint density at radius 1 is 1.38 bits per heavy atom. The molecule has 0 fully saturated rings. The van der Waals surface area contributed by atoms with E-state index < -0.39 is 6.09 Å². The molecule has 0 radical (unpaired) electrons. The standard InChI is InChI=1S/C11H16N2O2.ClH/c1-8-5-6-9(15-11(14)12-2)7-10(8)13(3)4;/h5-7H,1-4H3,(H,12,14);1H. The first-order chi connectivity index (χ1) is 7.04. The molecule has 0 aliphatic carbocycles. The Kier molecular flexibility index (Phi) is 5.85. The van der Waals surface area contributed by atoms with Crippen LogP contribution >= 0.6 is 0 Å². The largest absolute Gasteiger partial charge is 1.00 e. The molecule has 0 saturated carbocycles. The van der Waals surface area contributed by atoms with E-state index in [4.69, 9.17) is 4.74 Å². The molecule has 5 heteroatoms. The van der Waals surface area contributed by atoms with Crippen molar-refractivity contribution in [1.82, 2.24) is 5.32 Å². The zero-order valence-corrected chi connectivity index (χ0v) is 10.7. The topological polar surface area (TPSA) is 42.8 Å². The first-order valence-corrected chi connectivity index (χ1v) is 4.85. The highest BCUT2D eigenvalue weighted by atomic mass is 35.5. The maximum atomic E-state index is 11.0. The number of rotatable bonds is 2. The number of amides is 1. The van der Waals surface area contributed by atoms with Crippen LogP contribution < -0.4 is 27.4 Å². The van der Waals surface area contributed by atoms with E-state index in [1.807, 2.05) is 33.2 Å². The molecule has 1 amide bonds. The molecular weight excluding hydrogens is 228 g/mol. The molecule has 0 bridgehead atoms. The van der Waals surface area contributed by atoms with E-state index in [-0.39, 0.29) is 12.4 Å². The van der Waals surface area contributed by atoms with Gasteiger partial charge in [0.05, 0.1) is 14.1 Å². The van der Waals surface area contributed by atoms with Gasteiger partial charge in [0.2, 0.25) is 0 Å². The van der Waals surface area contributed by atoms with Crippen molar-refractivity contribution in [1.29, 1.82) is 0 Å². The lowest BCUT2D eigenvalue weighted by atomic mass is 10.2. The van der Waals surface area contributed by atoms with Crippen LogP contribution in [0.15, 0.2) is 18.2 Å². The van der Waals surface area contributed by atoms with Gasteiger partial charge in [0, 0.05) is 18.7 Å². The van der Waals surface area contributed by atoms with Crippen LogP contribution in [0.5, 0.6) is 5.75 Å². The Morgan fingerprint density at radius 2 is 2.00 bits per heavy atom. The van der Waals surface area contributed by atoms with Gasteiger partial charge in [0.15, 0.2) is 0 Å². The molecule has 1 aromatic rings. The van der Waals surface area contributed by atoms with Gasteiger partial charge in [-0.25, -0.2) is 4.79 Å². The van der Waals surface area contributed by atoms with Crippen molar-refractivity contribution >= 4 is 11.8 Å². The number of ether oxygens (including phenoxy) is 1. The number of carbonyl (C=O) groups is 1. The fraction of sp³-hybridized carbons (Fsp3) is 0.364. The lowest BCUT2D eigenvalue weighted by molar-refractivity contribution is -0.786. The molecule has 2 N–H and O–H groups in total. The average Bonchev–Trinajstić information content (AvgIpc) is 2.20. The molecule has 0 spiro atoms. The third kappa shape index (κ3) is 3.72. The van der Waals surface area contributed by atoms with Crippen LogP contribution in [-0.2, 0) is 0 Å². The molecule has 90 valence electrons. The fourth-order valence-corrected chi connectivity index (χ4v) is 1.36. The van der Waals surface area contributed by atoms with Crippen molar-refractivity contribution in [3.8, 4) is 5.75 Å². The van der Waals surface area contributed by atoms with Crippen LogP contribution in [0.1, 0.15) is 5.56 Å². The summed E-state index contributed by atoms with van der Waals surface area (Å²) in [5.41, 5.74) is 2.30. The monoisotopic (exact) mass is 244 g/mol. The summed E-state index contributed by atoms with van der Waals surface area (Å²) in [6.45, 7) is 2.03. The zero-order chi connectivity index (χ0) is 11.4. The Labute approximate surface area is 102 Å². The van der Waals surface area contributed by atoms with Gasteiger partial charge in [-0.3, -0.25) is 0 Å². The predicted octanol–water partition coefficient (Wildman–Crippen LogP) is -2.51. The molecule has 16 heavy (non-hydrogen) atoms. The third-order valence-electron chi connectivity index (χ3n) is 2.16. The number of quaternary nitrogens is 1. The smallest absolute Gasteiger partial charge is 0.412 e. The van der Waals surface area contributed by atoms with Crippen molar-refractivity contribution in [3.05, 3.63) is 23.8 Å². The van der Waals surface area contributed by atoms with E-state index in [2.05, 4.69) is 5.32 Å². The highest BCUT2D eigenvalue weighted by Gasteiger charge is 2.09. The van der Waals surface area contributed by atoms with Crippen LogP contribution in [0.25, 0.3) is 0 Å². The predicted molar refractivity (Wildman–Crippen MR) is 58.7 cm³/mol.